The summed E-state index contributed by atoms with van der Waals surface area (Å²) >= 11 is 0. The van der Waals surface area contributed by atoms with Crippen LogP contribution in [0.4, 0.5) is 26.3 Å². The van der Waals surface area contributed by atoms with Crippen molar-refractivity contribution in [2.45, 2.75) is 37.7 Å². The van der Waals surface area contributed by atoms with Crippen molar-refractivity contribution in [3.8, 4) is 0 Å². The molecule has 2 aromatic carbocycles. The minimum Gasteiger partial charge on any atom is -0.516 e. The lowest BCUT2D eigenvalue weighted by Crippen LogP contribution is -2.31. The van der Waals surface area contributed by atoms with E-state index in [1.54, 1.807) is 12.1 Å². The van der Waals surface area contributed by atoms with Gasteiger partial charge in [-0.3, -0.25) is 4.79 Å². The van der Waals surface area contributed by atoms with E-state index >= 15 is 0 Å². The summed E-state index contributed by atoms with van der Waals surface area (Å²) in [5, 5.41) is 11.4. The molecule has 0 radical (unpaired) electrons. The third kappa shape index (κ3) is 4.77. The minimum absolute atomic E-state index is 0.0110. The number of hydrogen-bond acceptors (Lipinski definition) is 2. The zero-order valence-corrected chi connectivity index (χ0v) is 15.4. The number of carbonyl (C=O) groups excluding carboxylic acids is 1. The lowest BCUT2D eigenvalue weighted by molar-refractivity contribution is -0.143. The van der Waals surface area contributed by atoms with E-state index in [1.165, 1.54) is 6.08 Å². The average Bonchev–Trinajstić information content (AvgIpc) is 2.66. The van der Waals surface area contributed by atoms with Gasteiger partial charge in [-0.05, 0) is 60.2 Å². The molecule has 2 aromatic rings. The second-order valence-corrected chi connectivity index (χ2v) is 6.99. The summed E-state index contributed by atoms with van der Waals surface area (Å²) in [6.07, 6.45) is -5.80. The van der Waals surface area contributed by atoms with Crippen molar-refractivity contribution in [1.82, 2.24) is 5.32 Å². The molecular weight excluding hydrogens is 412 g/mol. The van der Waals surface area contributed by atoms with Crippen molar-refractivity contribution in [2.75, 3.05) is 0 Å². The molecule has 30 heavy (non-hydrogen) atoms. The fraction of sp³-hybridized carbons (Fsp3) is 0.286. The Kier molecular flexibility index (Phi) is 5.83. The van der Waals surface area contributed by atoms with Crippen molar-refractivity contribution in [2.24, 2.45) is 0 Å². The highest BCUT2D eigenvalue weighted by Gasteiger charge is 2.37. The number of aryl methyl sites for hydroxylation is 1. The molecule has 1 unspecified atom stereocenters. The van der Waals surface area contributed by atoms with Crippen LogP contribution in [0, 0.1) is 0 Å². The van der Waals surface area contributed by atoms with Gasteiger partial charge in [-0.1, -0.05) is 18.2 Å². The highest BCUT2D eigenvalue weighted by atomic mass is 19.4. The Labute approximate surface area is 168 Å². The maximum atomic E-state index is 13.0. The topological polar surface area (TPSA) is 49.3 Å². The monoisotopic (exact) mass is 429 g/mol. The van der Waals surface area contributed by atoms with Gasteiger partial charge in [0.1, 0.15) is 0 Å². The zero-order valence-electron chi connectivity index (χ0n) is 15.4. The molecule has 0 saturated carbocycles. The van der Waals surface area contributed by atoms with E-state index in [-0.39, 0.29) is 6.07 Å². The minimum atomic E-state index is -5.02. The molecule has 1 atom stereocenters. The number of halogens is 6. The Balaban J connectivity index is 1.92. The summed E-state index contributed by atoms with van der Waals surface area (Å²) in [7, 11) is 0. The van der Waals surface area contributed by atoms with Gasteiger partial charge in [-0.25, -0.2) is 0 Å². The second-order valence-electron chi connectivity index (χ2n) is 6.99. The van der Waals surface area contributed by atoms with E-state index in [1.807, 2.05) is 6.07 Å². The fourth-order valence-corrected chi connectivity index (χ4v) is 3.50. The summed E-state index contributed by atoms with van der Waals surface area (Å²) in [6.45, 7) is 0. The number of alkyl halides is 6. The van der Waals surface area contributed by atoms with Gasteiger partial charge >= 0.3 is 12.4 Å². The molecule has 0 spiro atoms. The summed E-state index contributed by atoms with van der Waals surface area (Å²) < 4.78 is 78.2. The van der Waals surface area contributed by atoms with Crippen LogP contribution in [0.2, 0.25) is 0 Å². The predicted octanol–water partition coefficient (Wildman–Crippen LogP) is 6.06. The van der Waals surface area contributed by atoms with E-state index in [4.69, 9.17) is 5.11 Å². The number of hydrogen-bond donors (Lipinski definition) is 2. The number of benzene rings is 2. The first-order chi connectivity index (χ1) is 14.0. The largest absolute Gasteiger partial charge is 0.516 e. The molecule has 0 aromatic heterocycles. The Bertz CT molecular complexity index is 946. The molecular formula is C21H17F6NO2. The number of carbonyl (C=O) groups is 1. The standard InChI is InChI=1S/C21H17F6NO2/c22-20(23,24)15-9-14(10-16(11-15)21(25,26)27)19(30)28-18-3-1-2-13-8-12(6-7-29)4-5-17(13)18/h4-11,18,29H,1-3H2,(H,28,30)/b7-6+. The SMILES string of the molecule is O=C(NC1CCCc2cc(/C=C/O)ccc21)c1cc(C(F)(F)F)cc(C(F)(F)F)c1. The Morgan fingerprint density at radius 2 is 1.63 bits per heavy atom. The van der Waals surface area contributed by atoms with Crippen LogP contribution in [0.3, 0.4) is 0 Å². The van der Waals surface area contributed by atoms with Gasteiger partial charge < -0.3 is 10.4 Å². The summed E-state index contributed by atoms with van der Waals surface area (Å²) in [5.41, 5.74) is -1.41. The molecule has 1 aliphatic rings. The zero-order chi connectivity index (χ0) is 22.1. The summed E-state index contributed by atoms with van der Waals surface area (Å²) in [4.78, 5) is 12.6. The Hall–Kier alpha value is -2.97. The van der Waals surface area contributed by atoms with Crippen molar-refractivity contribution >= 4 is 12.0 Å². The predicted molar refractivity (Wildman–Crippen MR) is 97.7 cm³/mol. The molecule has 0 fully saturated rings. The molecule has 3 nitrogen and oxygen atoms in total. The van der Waals surface area contributed by atoms with E-state index < -0.39 is 41.0 Å². The first-order valence-corrected chi connectivity index (χ1v) is 9.03. The molecule has 1 aliphatic carbocycles. The molecule has 2 N–H and O–H groups in total. The van der Waals surface area contributed by atoms with Crippen molar-refractivity contribution < 1.29 is 36.2 Å². The fourth-order valence-electron chi connectivity index (χ4n) is 3.50. The van der Waals surface area contributed by atoms with Crippen LogP contribution in [0.1, 0.15) is 57.1 Å². The van der Waals surface area contributed by atoms with E-state index in [2.05, 4.69) is 5.32 Å². The van der Waals surface area contributed by atoms with Crippen LogP contribution in [0.5, 0.6) is 0 Å². The van der Waals surface area contributed by atoms with Gasteiger partial charge in [0.05, 0.1) is 23.4 Å². The quantitative estimate of drug-likeness (QED) is 0.460. The first kappa shape index (κ1) is 21.7. The van der Waals surface area contributed by atoms with Gasteiger partial charge in [0, 0.05) is 5.56 Å². The third-order valence-electron chi connectivity index (χ3n) is 4.90. The molecule has 9 heteroatoms. The van der Waals surface area contributed by atoms with Crippen LogP contribution >= 0.6 is 0 Å². The Morgan fingerprint density at radius 3 is 2.20 bits per heavy atom. The van der Waals surface area contributed by atoms with Crippen molar-refractivity contribution in [3.63, 3.8) is 0 Å². The highest BCUT2D eigenvalue weighted by Crippen LogP contribution is 2.37. The number of rotatable bonds is 3. The van der Waals surface area contributed by atoms with Crippen molar-refractivity contribution in [3.05, 3.63) is 76.0 Å². The molecule has 160 valence electrons. The number of aliphatic hydroxyl groups excluding tert-OH is 1. The van der Waals surface area contributed by atoms with Crippen molar-refractivity contribution in [1.29, 1.82) is 0 Å². The lowest BCUT2D eigenvalue weighted by atomic mass is 9.86. The van der Waals surface area contributed by atoms with Gasteiger partial charge in [-0.2, -0.15) is 26.3 Å². The lowest BCUT2D eigenvalue weighted by Gasteiger charge is -2.27. The second kappa shape index (κ2) is 8.04. The number of amides is 1. The summed E-state index contributed by atoms with van der Waals surface area (Å²) in [6, 6.07) is 5.52. The normalized spacial score (nSPS) is 17.1. The summed E-state index contributed by atoms with van der Waals surface area (Å²) in [5.74, 6) is -1.01. The molecule has 0 heterocycles. The Morgan fingerprint density at radius 1 is 1.00 bits per heavy atom. The van der Waals surface area contributed by atoms with Gasteiger partial charge in [0.25, 0.3) is 5.91 Å². The van der Waals surface area contributed by atoms with Crippen LogP contribution < -0.4 is 5.32 Å². The smallest absolute Gasteiger partial charge is 0.416 e. The molecule has 3 rings (SSSR count). The number of fused-ring (bicyclic) bond motifs is 1. The van der Waals surface area contributed by atoms with Crippen LogP contribution in [0.25, 0.3) is 6.08 Å². The molecule has 0 aliphatic heterocycles. The highest BCUT2D eigenvalue weighted by molar-refractivity contribution is 5.95. The average molecular weight is 429 g/mol. The number of nitrogens with one attached hydrogen (secondary N) is 1. The van der Waals surface area contributed by atoms with Crippen LogP contribution in [0.15, 0.2) is 42.7 Å². The molecule has 0 bridgehead atoms. The van der Waals surface area contributed by atoms with E-state index in [0.717, 1.165) is 23.0 Å². The van der Waals surface area contributed by atoms with Gasteiger partial charge in [0.2, 0.25) is 0 Å². The van der Waals surface area contributed by atoms with Gasteiger partial charge in [-0.15, -0.1) is 0 Å². The van der Waals surface area contributed by atoms with Crippen LogP contribution in [-0.2, 0) is 18.8 Å². The maximum absolute atomic E-state index is 13.0. The number of aliphatic hydroxyl groups is 1. The third-order valence-corrected chi connectivity index (χ3v) is 4.90. The molecule has 0 saturated heterocycles. The first-order valence-electron chi connectivity index (χ1n) is 9.03. The molecule has 1 amide bonds. The maximum Gasteiger partial charge on any atom is 0.416 e. The van der Waals surface area contributed by atoms with Crippen LogP contribution in [-0.4, -0.2) is 11.0 Å². The van der Waals surface area contributed by atoms with E-state index in [0.29, 0.717) is 31.4 Å². The van der Waals surface area contributed by atoms with E-state index in [9.17, 15) is 31.1 Å². The van der Waals surface area contributed by atoms with Gasteiger partial charge in [0.15, 0.2) is 0 Å².